The Bertz CT molecular complexity index is 3910. The molecule has 0 radical (unpaired) electrons. The van der Waals surface area contributed by atoms with Gasteiger partial charge in [-0.1, -0.05) is 170 Å². The van der Waals surface area contributed by atoms with Crippen molar-refractivity contribution in [1.82, 2.24) is 0 Å². The fourth-order valence-electron chi connectivity index (χ4n) is 9.87. The van der Waals surface area contributed by atoms with E-state index in [2.05, 4.69) is 205 Å². The van der Waals surface area contributed by atoms with Gasteiger partial charge in [0.2, 0.25) is 0 Å². The Morgan fingerprint density at radius 1 is 0.286 bits per heavy atom. The largest absolute Gasteiger partial charge is 0.456 e. The lowest BCUT2D eigenvalue weighted by Crippen LogP contribution is -2.12. The lowest BCUT2D eigenvalue weighted by molar-refractivity contribution is 0.669. The van der Waals surface area contributed by atoms with Crippen LogP contribution in [0.4, 0.5) is 17.1 Å². The SMILES string of the molecule is c1ccc2cc(-c3c(N(c4ccc(-c5ccc6c(c5)oc5ccccc56)cc4)c4ccc(-c5cccc6c5oc5ccccc56)cc4)c4ccccc4c4ccccc34)ccc2c1. The molecule has 294 valence electrons. The Labute approximate surface area is 363 Å². The van der Waals surface area contributed by atoms with Crippen LogP contribution in [0.15, 0.2) is 233 Å². The van der Waals surface area contributed by atoms with E-state index in [1.165, 1.54) is 43.4 Å². The van der Waals surface area contributed by atoms with Crippen LogP contribution in [0.5, 0.6) is 0 Å². The molecule has 3 heteroatoms. The fraction of sp³-hybridized carbons (Fsp3) is 0. The number of furan rings is 2. The van der Waals surface area contributed by atoms with Crippen molar-refractivity contribution < 1.29 is 8.83 Å². The summed E-state index contributed by atoms with van der Waals surface area (Å²) in [5, 5.41) is 11.8. The molecule has 0 aliphatic rings. The molecular weight excluding hydrogens is 767 g/mol. The number of nitrogens with zero attached hydrogens (tertiary/aromatic N) is 1. The summed E-state index contributed by atoms with van der Waals surface area (Å²) in [6.07, 6.45) is 0. The Morgan fingerprint density at radius 3 is 1.56 bits per heavy atom. The number of hydrogen-bond donors (Lipinski definition) is 0. The number of hydrogen-bond acceptors (Lipinski definition) is 3. The molecule has 0 spiro atoms. The molecular formula is C60H37NO2. The molecule has 0 amide bonds. The summed E-state index contributed by atoms with van der Waals surface area (Å²) in [6, 6.07) is 80.7. The van der Waals surface area contributed by atoms with E-state index in [1.807, 2.05) is 24.3 Å². The minimum atomic E-state index is 0.889. The Morgan fingerprint density at radius 2 is 0.810 bits per heavy atom. The van der Waals surface area contributed by atoms with E-state index >= 15 is 0 Å². The number of anilines is 3. The molecule has 0 N–H and O–H groups in total. The zero-order chi connectivity index (χ0) is 41.4. The van der Waals surface area contributed by atoms with Crippen LogP contribution in [0.2, 0.25) is 0 Å². The van der Waals surface area contributed by atoms with Crippen molar-refractivity contribution in [1.29, 1.82) is 0 Å². The molecule has 0 fully saturated rings. The summed E-state index contributed by atoms with van der Waals surface area (Å²) in [6.45, 7) is 0. The van der Waals surface area contributed by atoms with E-state index in [-0.39, 0.29) is 0 Å². The van der Waals surface area contributed by atoms with Crippen LogP contribution in [-0.2, 0) is 0 Å². The average Bonchev–Trinajstić information content (AvgIpc) is 3.93. The average molecular weight is 804 g/mol. The predicted molar refractivity (Wildman–Crippen MR) is 265 cm³/mol. The van der Waals surface area contributed by atoms with Gasteiger partial charge in [0.05, 0.1) is 5.69 Å². The molecule has 0 aliphatic heterocycles. The molecule has 0 bridgehead atoms. The predicted octanol–water partition coefficient (Wildman–Crippen LogP) is 17.4. The van der Waals surface area contributed by atoms with Crippen LogP contribution in [0.3, 0.4) is 0 Å². The number of fused-ring (bicyclic) bond motifs is 10. The second kappa shape index (κ2) is 14.1. The minimum absolute atomic E-state index is 0.889. The first kappa shape index (κ1) is 35.4. The van der Waals surface area contributed by atoms with Crippen molar-refractivity contribution >= 4 is 93.3 Å². The molecule has 11 aromatic carbocycles. The van der Waals surface area contributed by atoms with E-state index < -0.39 is 0 Å². The first-order valence-corrected chi connectivity index (χ1v) is 21.5. The van der Waals surface area contributed by atoms with Gasteiger partial charge in [-0.25, -0.2) is 0 Å². The van der Waals surface area contributed by atoms with Crippen molar-refractivity contribution in [2.45, 2.75) is 0 Å². The zero-order valence-corrected chi connectivity index (χ0v) is 34.1. The summed E-state index contributed by atoms with van der Waals surface area (Å²) in [7, 11) is 0. The summed E-state index contributed by atoms with van der Waals surface area (Å²) >= 11 is 0. The van der Waals surface area contributed by atoms with Gasteiger partial charge in [0.15, 0.2) is 0 Å². The number of para-hydroxylation sites is 3. The summed E-state index contributed by atoms with van der Waals surface area (Å²) < 4.78 is 12.8. The third-order valence-corrected chi connectivity index (χ3v) is 12.8. The highest BCUT2D eigenvalue weighted by Crippen LogP contribution is 2.50. The molecule has 0 saturated heterocycles. The van der Waals surface area contributed by atoms with Gasteiger partial charge in [0, 0.05) is 49.4 Å². The minimum Gasteiger partial charge on any atom is -0.456 e. The van der Waals surface area contributed by atoms with E-state index in [0.29, 0.717) is 0 Å². The zero-order valence-electron chi connectivity index (χ0n) is 34.1. The molecule has 0 unspecified atom stereocenters. The maximum Gasteiger partial charge on any atom is 0.143 e. The monoisotopic (exact) mass is 803 g/mol. The summed E-state index contributed by atoms with van der Waals surface area (Å²) in [5.74, 6) is 0. The topological polar surface area (TPSA) is 29.5 Å². The van der Waals surface area contributed by atoms with Crippen molar-refractivity contribution in [2.75, 3.05) is 4.90 Å². The van der Waals surface area contributed by atoms with Crippen LogP contribution in [0.25, 0.3) is 110 Å². The number of rotatable bonds is 6. The van der Waals surface area contributed by atoms with Crippen molar-refractivity contribution in [2.24, 2.45) is 0 Å². The quantitative estimate of drug-likeness (QED) is 0.157. The molecule has 2 aromatic heterocycles. The van der Waals surface area contributed by atoms with Gasteiger partial charge >= 0.3 is 0 Å². The molecule has 0 saturated carbocycles. The van der Waals surface area contributed by atoms with Gasteiger partial charge in [0.25, 0.3) is 0 Å². The molecule has 0 atom stereocenters. The molecule has 3 nitrogen and oxygen atoms in total. The highest BCUT2D eigenvalue weighted by Gasteiger charge is 2.24. The Kier molecular flexibility index (Phi) is 7.91. The smallest absolute Gasteiger partial charge is 0.143 e. The summed E-state index contributed by atoms with van der Waals surface area (Å²) in [5.41, 5.74) is 13.6. The molecule has 63 heavy (non-hydrogen) atoms. The lowest BCUT2D eigenvalue weighted by Gasteiger charge is -2.31. The molecule has 2 heterocycles. The Balaban J connectivity index is 1.03. The van der Waals surface area contributed by atoms with Crippen LogP contribution >= 0.6 is 0 Å². The van der Waals surface area contributed by atoms with E-state index in [1.54, 1.807) is 0 Å². The van der Waals surface area contributed by atoms with Gasteiger partial charge in [-0.15, -0.1) is 0 Å². The van der Waals surface area contributed by atoms with Crippen molar-refractivity contribution in [3.63, 3.8) is 0 Å². The molecule has 13 aromatic rings. The van der Waals surface area contributed by atoms with Gasteiger partial charge in [-0.2, -0.15) is 0 Å². The van der Waals surface area contributed by atoms with Gasteiger partial charge in [-0.05, 0) is 104 Å². The van der Waals surface area contributed by atoms with Gasteiger partial charge < -0.3 is 13.7 Å². The third-order valence-electron chi connectivity index (χ3n) is 12.8. The summed E-state index contributed by atoms with van der Waals surface area (Å²) in [4.78, 5) is 2.46. The van der Waals surface area contributed by atoms with Crippen LogP contribution in [-0.4, -0.2) is 0 Å². The van der Waals surface area contributed by atoms with E-state index in [9.17, 15) is 0 Å². The first-order chi connectivity index (χ1) is 31.2. The van der Waals surface area contributed by atoms with Gasteiger partial charge in [-0.3, -0.25) is 0 Å². The van der Waals surface area contributed by atoms with Crippen molar-refractivity contribution in [3.8, 4) is 33.4 Å². The fourth-order valence-corrected chi connectivity index (χ4v) is 9.87. The maximum atomic E-state index is 6.51. The maximum absolute atomic E-state index is 6.51. The van der Waals surface area contributed by atoms with Crippen molar-refractivity contribution in [3.05, 3.63) is 224 Å². The normalized spacial score (nSPS) is 11.8. The molecule has 0 aliphatic carbocycles. The highest BCUT2D eigenvalue weighted by molar-refractivity contribution is 6.23. The standard InChI is InChI=1S/C60H37NO2/c1-2-13-41-36-43(25-24-38(41)12-1)58-52-18-5-3-14-47(52)48-15-4-6-19-53(48)59(58)61(44-31-26-39(27-32-44)42-30-35-51-49-16-7-9-22-55(49)62-57(51)37-42)45-33-28-40(29-34-45)46-20-11-21-54-50-17-8-10-23-56(50)63-60(46)54/h1-37H. The Hall–Kier alpha value is -8.40. The van der Waals surface area contributed by atoms with Crippen LogP contribution < -0.4 is 4.90 Å². The number of benzene rings is 11. The lowest BCUT2D eigenvalue weighted by atomic mass is 9.89. The van der Waals surface area contributed by atoms with Crippen LogP contribution in [0.1, 0.15) is 0 Å². The first-order valence-electron chi connectivity index (χ1n) is 21.5. The second-order valence-electron chi connectivity index (χ2n) is 16.4. The second-order valence-corrected chi connectivity index (χ2v) is 16.4. The highest BCUT2D eigenvalue weighted by atomic mass is 16.3. The van der Waals surface area contributed by atoms with Crippen LogP contribution in [0, 0.1) is 0 Å². The molecule has 13 rings (SSSR count). The van der Waals surface area contributed by atoms with E-state index in [4.69, 9.17) is 8.83 Å². The third kappa shape index (κ3) is 5.67. The van der Waals surface area contributed by atoms with Gasteiger partial charge in [0.1, 0.15) is 22.3 Å². The van der Waals surface area contributed by atoms with E-state index in [0.717, 1.165) is 83.2 Å².